The minimum atomic E-state index is -4.52. The lowest BCUT2D eigenvalue weighted by atomic mass is 10.0. The number of amides is 3. The maximum Gasteiger partial charge on any atom is 0.416 e. The van der Waals surface area contributed by atoms with Crippen LogP contribution in [0.4, 0.5) is 23.7 Å². The summed E-state index contributed by atoms with van der Waals surface area (Å²) in [6.45, 7) is 3.79. The van der Waals surface area contributed by atoms with Gasteiger partial charge >= 0.3 is 12.2 Å². The normalized spacial score (nSPS) is 19.3. The van der Waals surface area contributed by atoms with Crippen molar-refractivity contribution in [2.75, 3.05) is 4.90 Å². The van der Waals surface area contributed by atoms with Gasteiger partial charge < -0.3 is 5.32 Å². The topological polar surface area (TPSA) is 49.4 Å². The average molecular weight is 300 g/mol. The van der Waals surface area contributed by atoms with Crippen molar-refractivity contribution in [3.05, 3.63) is 29.8 Å². The van der Waals surface area contributed by atoms with Crippen LogP contribution in [0, 0.1) is 5.92 Å². The lowest BCUT2D eigenvalue weighted by Gasteiger charge is -2.15. The molecular weight excluding hydrogens is 285 g/mol. The first-order chi connectivity index (χ1) is 9.70. The Hall–Kier alpha value is -2.05. The highest BCUT2D eigenvalue weighted by atomic mass is 19.4. The molecule has 1 aliphatic rings. The Morgan fingerprint density at radius 3 is 2.52 bits per heavy atom. The summed E-state index contributed by atoms with van der Waals surface area (Å²) in [5, 5.41) is 2.50. The molecular formula is C14H15F3N2O2. The molecule has 7 heteroatoms. The van der Waals surface area contributed by atoms with Crippen LogP contribution in [0.15, 0.2) is 24.3 Å². The molecule has 0 aliphatic carbocycles. The van der Waals surface area contributed by atoms with Gasteiger partial charge in [-0.1, -0.05) is 19.9 Å². The van der Waals surface area contributed by atoms with Gasteiger partial charge in [-0.3, -0.25) is 4.79 Å². The van der Waals surface area contributed by atoms with Crippen molar-refractivity contribution in [3.8, 4) is 0 Å². The highest BCUT2D eigenvalue weighted by Gasteiger charge is 2.40. The Bertz CT molecular complexity index is 570. The minimum absolute atomic E-state index is 0.0708. The van der Waals surface area contributed by atoms with E-state index in [1.54, 1.807) is 0 Å². The second kappa shape index (κ2) is 5.38. The first-order valence-electron chi connectivity index (χ1n) is 6.52. The second-order valence-electron chi connectivity index (χ2n) is 5.35. The van der Waals surface area contributed by atoms with E-state index in [2.05, 4.69) is 5.32 Å². The van der Waals surface area contributed by atoms with Gasteiger partial charge in [0.2, 0.25) is 0 Å². The van der Waals surface area contributed by atoms with Crippen LogP contribution in [0.5, 0.6) is 0 Å². The highest BCUT2D eigenvalue weighted by Crippen LogP contribution is 2.32. The predicted molar refractivity (Wildman–Crippen MR) is 70.7 cm³/mol. The molecule has 1 fully saturated rings. The molecule has 1 aromatic carbocycles. The van der Waals surface area contributed by atoms with Crippen molar-refractivity contribution in [1.82, 2.24) is 5.32 Å². The van der Waals surface area contributed by atoms with Crippen molar-refractivity contribution >= 4 is 17.6 Å². The fourth-order valence-corrected chi connectivity index (χ4v) is 2.23. The van der Waals surface area contributed by atoms with Crippen molar-refractivity contribution in [2.24, 2.45) is 5.92 Å². The zero-order valence-electron chi connectivity index (χ0n) is 11.6. The molecule has 0 radical (unpaired) electrons. The quantitative estimate of drug-likeness (QED) is 0.872. The third-order valence-corrected chi connectivity index (χ3v) is 3.16. The summed E-state index contributed by atoms with van der Waals surface area (Å²) in [7, 11) is 0. The number of carbonyl (C=O) groups is 2. The van der Waals surface area contributed by atoms with Crippen molar-refractivity contribution in [2.45, 2.75) is 32.5 Å². The number of carbonyl (C=O) groups excluding carboxylic acids is 2. The summed E-state index contributed by atoms with van der Waals surface area (Å²) in [5.41, 5.74) is -0.966. The number of hydrogen-bond donors (Lipinski definition) is 1. The number of hydrogen-bond acceptors (Lipinski definition) is 2. The van der Waals surface area contributed by atoms with Crippen LogP contribution in [-0.2, 0) is 11.0 Å². The number of rotatable bonds is 3. The molecule has 1 aromatic rings. The lowest BCUT2D eigenvalue weighted by Crippen LogP contribution is -2.32. The van der Waals surface area contributed by atoms with E-state index in [4.69, 9.17) is 0 Å². The number of alkyl halides is 3. The Balaban J connectivity index is 2.30. The van der Waals surface area contributed by atoms with Gasteiger partial charge in [-0.15, -0.1) is 0 Å². The summed E-state index contributed by atoms with van der Waals surface area (Å²) in [6, 6.07) is 2.80. The van der Waals surface area contributed by atoms with Crippen LogP contribution in [0.3, 0.4) is 0 Å². The molecule has 1 heterocycles. The highest BCUT2D eigenvalue weighted by molar-refractivity contribution is 6.21. The number of urea groups is 1. The smallest absolute Gasteiger partial charge is 0.325 e. The van der Waals surface area contributed by atoms with Crippen molar-refractivity contribution in [1.29, 1.82) is 0 Å². The number of halogens is 3. The Kier molecular flexibility index (Phi) is 3.93. The van der Waals surface area contributed by atoms with Crippen molar-refractivity contribution in [3.63, 3.8) is 0 Å². The summed E-state index contributed by atoms with van der Waals surface area (Å²) in [4.78, 5) is 24.8. The molecule has 21 heavy (non-hydrogen) atoms. The second-order valence-corrected chi connectivity index (χ2v) is 5.35. The van der Waals surface area contributed by atoms with Gasteiger partial charge in [-0.2, -0.15) is 13.2 Å². The maximum absolute atomic E-state index is 12.7. The number of anilines is 1. The summed E-state index contributed by atoms with van der Waals surface area (Å²) in [6.07, 6.45) is -4.08. The third kappa shape index (κ3) is 3.17. The SMILES string of the molecule is CC(C)CC1NC(=O)N(c2cccc(C(F)(F)F)c2)C1=O. The minimum Gasteiger partial charge on any atom is -0.325 e. The van der Waals surface area contributed by atoms with Gasteiger partial charge in [0.15, 0.2) is 0 Å². The summed E-state index contributed by atoms with van der Waals surface area (Å²) < 4.78 is 38.1. The number of nitrogens with zero attached hydrogens (tertiary/aromatic N) is 1. The van der Waals surface area contributed by atoms with E-state index in [1.165, 1.54) is 12.1 Å². The fourth-order valence-electron chi connectivity index (χ4n) is 2.23. The molecule has 1 unspecified atom stereocenters. The third-order valence-electron chi connectivity index (χ3n) is 3.16. The number of benzene rings is 1. The fraction of sp³-hybridized carbons (Fsp3) is 0.429. The molecule has 1 saturated heterocycles. The lowest BCUT2D eigenvalue weighted by molar-refractivity contribution is -0.137. The van der Waals surface area contributed by atoms with E-state index in [9.17, 15) is 22.8 Å². The van der Waals surface area contributed by atoms with Gasteiger partial charge in [0, 0.05) is 0 Å². The van der Waals surface area contributed by atoms with Gasteiger partial charge in [0.05, 0.1) is 11.3 Å². The Morgan fingerprint density at radius 2 is 1.95 bits per heavy atom. The molecule has 4 nitrogen and oxygen atoms in total. The number of imide groups is 1. The van der Waals surface area contributed by atoms with Gasteiger partial charge in [0.25, 0.3) is 5.91 Å². The van der Waals surface area contributed by atoms with Crippen LogP contribution in [0.1, 0.15) is 25.8 Å². The van der Waals surface area contributed by atoms with Gasteiger partial charge in [0.1, 0.15) is 6.04 Å². The van der Waals surface area contributed by atoms with E-state index in [0.717, 1.165) is 17.0 Å². The van der Waals surface area contributed by atoms with E-state index in [-0.39, 0.29) is 11.6 Å². The van der Waals surface area contributed by atoms with E-state index in [1.807, 2.05) is 13.8 Å². The maximum atomic E-state index is 12.7. The van der Waals surface area contributed by atoms with E-state index in [0.29, 0.717) is 6.42 Å². The van der Waals surface area contributed by atoms with Gasteiger partial charge in [-0.05, 0) is 30.5 Å². The molecule has 2 rings (SSSR count). The van der Waals surface area contributed by atoms with Gasteiger partial charge in [-0.25, -0.2) is 9.69 Å². The molecule has 0 saturated carbocycles. The van der Waals surface area contributed by atoms with Crippen LogP contribution >= 0.6 is 0 Å². The Labute approximate surface area is 119 Å². The largest absolute Gasteiger partial charge is 0.416 e. The predicted octanol–water partition coefficient (Wildman–Crippen LogP) is 3.18. The monoisotopic (exact) mass is 300 g/mol. The summed E-state index contributed by atoms with van der Waals surface area (Å²) in [5.74, 6) is -0.339. The molecule has 0 spiro atoms. The average Bonchev–Trinajstić information content (AvgIpc) is 2.63. The zero-order valence-corrected chi connectivity index (χ0v) is 11.6. The Morgan fingerprint density at radius 1 is 1.29 bits per heavy atom. The van der Waals surface area contributed by atoms with Crippen LogP contribution in [-0.4, -0.2) is 18.0 Å². The van der Waals surface area contributed by atoms with Crippen LogP contribution in [0.25, 0.3) is 0 Å². The molecule has 0 bridgehead atoms. The number of nitrogens with one attached hydrogen (secondary N) is 1. The molecule has 1 aliphatic heterocycles. The first-order valence-corrected chi connectivity index (χ1v) is 6.52. The molecule has 1 atom stereocenters. The standard InChI is InChI=1S/C14H15F3N2O2/c1-8(2)6-11-12(20)19(13(21)18-11)10-5-3-4-9(7-10)14(15,16)17/h3-5,7-8,11H,6H2,1-2H3,(H,18,21). The van der Waals surface area contributed by atoms with E-state index >= 15 is 0 Å². The molecule has 114 valence electrons. The van der Waals surface area contributed by atoms with Crippen molar-refractivity contribution < 1.29 is 22.8 Å². The summed E-state index contributed by atoms with van der Waals surface area (Å²) >= 11 is 0. The molecule has 3 amide bonds. The van der Waals surface area contributed by atoms with Crippen LogP contribution < -0.4 is 10.2 Å². The molecule has 1 N–H and O–H groups in total. The first kappa shape index (κ1) is 15.3. The molecule has 0 aromatic heterocycles. The van der Waals surface area contributed by atoms with E-state index < -0.39 is 29.7 Å². The van der Waals surface area contributed by atoms with Crippen LogP contribution in [0.2, 0.25) is 0 Å². The zero-order chi connectivity index (χ0) is 15.8.